The van der Waals surface area contributed by atoms with Gasteiger partial charge in [0.05, 0.1) is 7.11 Å². The first-order chi connectivity index (χ1) is 11.9. The van der Waals surface area contributed by atoms with E-state index >= 15 is 0 Å². The third kappa shape index (κ3) is 4.43. The molecule has 0 radical (unpaired) electrons. The summed E-state index contributed by atoms with van der Waals surface area (Å²) in [6.07, 6.45) is -1.38. The van der Waals surface area contributed by atoms with Gasteiger partial charge in [-0.15, -0.1) is 0 Å². The van der Waals surface area contributed by atoms with Crippen LogP contribution in [-0.4, -0.2) is 25.6 Å². The molecule has 0 aromatic heterocycles. The normalized spacial score (nSPS) is 11.7. The third-order valence-electron chi connectivity index (χ3n) is 3.21. The van der Waals surface area contributed by atoms with E-state index < -0.39 is 30.3 Å². The fourth-order valence-corrected chi connectivity index (χ4v) is 2.14. The Kier molecular flexibility index (Phi) is 5.89. The Morgan fingerprint density at radius 1 is 1.04 bits per heavy atom. The van der Waals surface area contributed by atoms with Crippen molar-refractivity contribution in [2.45, 2.75) is 12.7 Å². The highest BCUT2D eigenvalue weighted by atomic mass is 19.3. The van der Waals surface area contributed by atoms with E-state index in [9.17, 15) is 18.4 Å². The van der Waals surface area contributed by atoms with Gasteiger partial charge in [-0.05, 0) is 12.1 Å². The van der Waals surface area contributed by atoms with Crippen molar-refractivity contribution in [1.82, 2.24) is 0 Å². The van der Waals surface area contributed by atoms with Crippen molar-refractivity contribution in [3.05, 3.63) is 59.7 Å². The standard InChI is InChI=1S/C17H15F2NO5/c1-23-12-9-5-8-11(14(12)25-17(18)19)16(22)24-13(15(20)21)10-6-3-2-4-7-10/h2-9,13,17H,1H3,(H2,20,21). The summed E-state index contributed by atoms with van der Waals surface area (Å²) in [5.74, 6) is -2.52. The van der Waals surface area contributed by atoms with Crippen LogP contribution in [0.5, 0.6) is 11.5 Å². The van der Waals surface area contributed by atoms with Crippen LogP contribution in [0.4, 0.5) is 8.78 Å². The molecule has 0 saturated heterocycles. The van der Waals surface area contributed by atoms with Gasteiger partial charge in [-0.1, -0.05) is 36.4 Å². The second-order valence-corrected chi connectivity index (χ2v) is 4.81. The minimum Gasteiger partial charge on any atom is -0.493 e. The predicted molar refractivity (Wildman–Crippen MR) is 83.4 cm³/mol. The van der Waals surface area contributed by atoms with Crippen molar-refractivity contribution in [3.8, 4) is 11.5 Å². The highest BCUT2D eigenvalue weighted by Gasteiger charge is 2.27. The number of rotatable bonds is 7. The summed E-state index contributed by atoms with van der Waals surface area (Å²) < 4.78 is 39.7. The summed E-state index contributed by atoms with van der Waals surface area (Å²) in [6, 6.07) is 12.0. The molecule has 6 nitrogen and oxygen atoms in total. The second-order valence-electron chi connectivity index (χ2n) is 4.81. The number of hydrogen-bond acceptors (Lipinski definition) is 5. The van der Waals surface area contributed by atoms with Crippen LogP contribution in [0.15, 0.2) is 48.5 Å². The van der Waals surface area contributed by atoms with Gasteiger partial charge in [0.15, 0.2) is 11.5 Å². The van der Waals surface area contributed by atoms with Crippen LogP contribution in [0.1, 0.15) is 22.0 Å². The van der Waals surface area contributed by atoms with Crippen molar-refractivity contribution < 1.29 is 32.6 Å². The number of carbonyl (C=O) groups excluding carboxylic acids is 2. The molecule has 0 saturated carbocycles. The molecule has 0 bridgehead atoms. The van der Waals surface area contributed by atoms with Crippen LogP contribution in [0.2, 0.25) is 0 Å². The molecule has 2 aromatic rings. The van der Waals surface area contributed by atoms with Gasteiger partial charge in [0.1, 0.15) is 5.56 Å². The Morgan fingerprint density at radius 2 is 1.72 bits per heavy atom. The monoisotopic (exact) mass is 351 g/mol. The Balaban J connectivity index is 2.35. The molecule has 132 valence electrons. The minimum absolute atomic E-state index is 0.0786. The summed E-state index contributed by atoms with van der Waals surface area (Å²) in [5, 5.41) is 0. The van der Waals surface area contributed by atoms with E-state index in [4.69, 9.17) is 15.2 Å². The second kappa shape index (κ2) is 8.09. The molecular formula is C17H15F2NO5. The average Bonchev–Trinajstić information content (AvgIpc) is 2.59. The Labute approximate surface area is 142 Å². The molecular weight excluding hydrogens is 336 g/mol. The van der Waals surface area contributed by atoms with Gasteiger partial charge in [0.2, 0.25) is 6.10 Å². The number of alkyl halides is 2. The number of nitrogens with two attached hydrogens (primary N) is 1. The summed E-state index contributed by atoms with van der Waals surface area (Å²) in [5.41, 5.74) is 5.31. The lowest BCUT2D eigenvalue weighted by atomic mass is 10.1. The summed E-state index contributed by atoms with van der Waals surface area (Å²) in [7, 11) is 1.24. The van der Waals surface area contributed by atoms with Gasteiger partial charge in [-0.2, -0.15) is 8.78 Å². The van der Waals surface area contributed by atoms with Crippen molar-refractivity contribution in [2.24, 2.45) is 5.73 Å². The lowest BCUT2D eigenvalue weighted by Crippen LogP contribution is -2.26. The summed E-state index contributed by atoms with van der Waals surface area (Å²) in [4.78, 5) is 24.0. The Bertz CT molecular complexity index is 752. The van der Waals surface area contributed by atoms with E-state index in [1.165, 1.54) is 25.3 Å². The van der Waals surface area contributed by atoms with Crippen LogP contribution < -0.4 is 15.2 Å². The first-order valence-corrected chi connectivity index (χ1v) is 7.11. The number of carbonyl (C=O) groups is 2. The van der Waals surface area contributed by atoms with Crippen LogP contribution in [0, 0.1) is 0 Å². The van der Waals surface area contributed by atoms with Crippen molar-refractivity contribution in [1.29, 1.82) is 0 Å². The largest absolute Gasteiger partial charge is 0.493 e. The molecule has 1 amide bonds. The van der Waals surface area contributed by atoms with E-state index in [0.717, 1.165) is 0 Å². The van der Waals surface area contributed by atoms with Crippen LogP contribution in [0.3, 0.4) is 0 Å². The Morgan fingerprint density at radius 3 is 2.28 bits per heavy atom. The lowest BCUT2D eigenvalue weighted by Gasteiger charge is -2.17. The van der Waals surface area contributed by atoms with Gasteiger partial charge in [0.25, 0.3) is 5.91 Å². The molecule has 0 heterocycles. The molecule has 1 unspecified atom stereocenters. The van der Waals surface area contributed by atoms with Gasteiger partial charge in [0, 0.05) is 5.56 Å². The number of primary amides is 1. The molecule has 0 fully saturated rings. The van der Waals surface area contributed by atoms with Crippen LogP contribution >= 0.6 is 0 Å². The lowest BCUT2D eigenvalue weighted by molar-refractivity contribution is -0.127. The Hall–Kier alpha value is -3.16. The fraction of sp³-hybridized carbons (Fsp3) is 0.176. The number of methoxy groups -OCH3 is 1. The molecule has 1 atom stereocenters. The van der Waals surface area contributed by atoms with E-state index in [1.807, 2.05) is 0 Å². The minimum atomic E-state index is -3.18. The number of para-hydroxylation sites is 1. The molecule has 25 heavy (non-hydrogen) atoms. The maximum atomic E-state index is 12.6. The van der Waals surface area contributed by atoms with Crippen LogP contribution in [0.25, 0.3) is 0 Å². The number of benzene rings is 2. The quantitative estimate of drug-likeness (QED) is 0.775. The molecule has 2 N–H and O–H groups in total. The van der Waals surface area contributed by atoms with E-state index in [-0.39, 0.29) is 11.3 Å². The zero-order valence-corrected chi connectivity index (χ0v) is 13.1. The highest BCUT2D eigenvalue weighted by molar-refractivity contribution is 5.95. The fourth-order valence-electron chi connectivity index (χ4n) is 2.14. The first-order valence-electron chi connectivity index (χ1n) is 7.11. The number of ether oxygens (including phenoxy) is 3. The van der Waals surface area contributed by atoms with Crippen molar-refractivity contribution in [3.63, 3.8) is 0 Å². The molecule has 0 spiro atoms. The maximum absolute atomic E-state index is 12.6. The molecule has 2 aromatic carbocycles. The topological polar surface area (TPSA) is 87.9 Å². The molecule has 0 aliphatic rings. The van der Waals surface area contributed by atoms with E-state index in [0.29, 0.717) is 5.56 Å². The smallest absolute Gasteiger partial charge is 0.387 e. The maximum Gasteiger partial charge on any atom is 0.387 e. The molecule has 8 heteroatoms. The summed E-state index contributed by atoms with van der Waals surface area (Å²) >= 11 is 0. The van der Waals surface area contributed by atoms with Gasteiger partial charge in [-0.25, -0.2) is 4.79 Å². The highest BCUT2D eigenvalue weighted by Crippen LogP contribution is 2.33. The third-order valence-corrected chi connectivity index (χ3v) is 3.21. The number of esters is 1. The van der Waals surface area contributed by atoms with Crippen molar-refractivity contribution in [2.75, 3.05) is 7.11 Å². The van der Waals surface area contributed by atoms with Gasteiger partial charge in [-0.3, -0.25) is 4.79 Å². The first kappa shape index (κ1) is 18.2. The predicted octanol–water partition coefficient (Wildman–Crippen LogP) is 2.68. The zero-order valence-electron chi connectivity index (χ0n) is 13.1. The number of amides is 1. The zero-order chi connectivity index (χ0) is 18.4. The van der Waals surface area contributed by atoms with E-state index in [2.05, 4.69) is 4.74 Å². The molecule has 0 aliphatic heterocycles. The van der Waals surface area contributed by atoms with Gasteiger partial charge < -0.3 is 19.9 Å². The SMILES string of the molecule is COc1cccc(C(=O)OC(C(N)=O)c2ccccc2)c1OC(F)F. The molecule has 2 rings (SSSR count). The van der Waals surface area contributed by atoms with Crippen molar-refractivity contribution >= 4 is 11.9 Å². The number of halogens is 2. The molecule has 0 aliphatic carbocycles. The van der Waals surface area contributed by atoms with E-state index in [1.54, 1.807) is 30.3 Å². The van der Waals surface area contributed by atoms with Crippen LogP contribution in [-0.2, 0) is 9.53 Å². The average molecular weight is 351 g/mol. The number of hydrogen-bond donors (Lipinski definition) is 1. The summed E-state index contributed by atoms with van der Waals surface area (Å²) in [6.45, 7) is -3.18. The van der Waals surface area contributed by atoms with Gasteiger partial charge >= 0.3 is 12.6 Å².